The minimum atomic E-state index is -1.77. The van der Waals surface area contributed by atoms with Crippen LogP contribution in [0.3, 0.4) is 0 Å². The van der Waals surface area contributed by atoms with Crippen LogP contribution < -0.4 is 15.4 Å². The molecule has 4 aliphatic rings. The van der Waals surface area contributed by atoms with Crippen LogP contribution in [0.2, 0.25) is 5.02 Å². The minimum absolute atomic E-state index is 0.00404. The summed E-state index contributed by atoms with van der Waals surface area (Å²) in [6.45, 7) is 2.29. The molecule has 0 aromatic heterocycles. The van der Waals surface area contributed by atoms with Gasteiger partial charge in [0.05, 0.1) is 36.1 Å². The molecule has 1 aromatic carbocycles. The molecule has 47 heavy (non-hydrogen) atoms. The summed E-state index contributed by atoms with van der Waals surface area (Å²) in [5, 5.41) is 78.4. The van der Waals surface area contributed by atoms with Gasteiger partial charge in [-0.25, -0.2) is 0 Å². The van der Waals surface area contributed by atoms with Gasteiger partial charge in [0.1, 0.15) is 54.6 Å². The molecule has 0 aliphatic carbocycles. The van der Waals surface area contributed by atoms with Crippen molar-refractivity contribution in [1.82, 2.24) is 10.2 Å². The SMILES string of the molecule is COCCCN1CCC(NC(=O)c2cc(Cl)c(NC3O[C@H](CO)[C@@H](O[C@@H]4O[C@H](CO)[C@@H](O)[C@H](O)[C@H]4O)[C@H](O)[C@H]3O)c3c2OCC3)CC1. The summed E-state index contributed by atoms with van der Waals surface area (Å²) in [5.41, 5.74) is 1.18. The van der Waals surface area contributed by atoms with E-state index in [1.54, 1.807) is 7.11 Å². The number of nitrogens with one attached hydrogen (secondary N) is 2. The van der Waals surface area contributed by atoms with Crippen LogP contribution in [0.4, 0.5) is 5.69 Å². The highest BCUT2D eigenvalue weighted by Gasteiger charge is 2.50. The van der Waals surface area contributed by atoms with Gasteiger partial charge in [-0.15, -0.1) is 0 Å². The monoisotopic (exact) mass is 691 g/mol. The number of carbonyl (C=O) groups excluding carboxylic acids is 1. The fraction of sp³-hybridized carbons (Fsp3) is 0.767. The molecule has 1 unspecified atom stereocenters. The van der Waals surface area contributed by atoms with Crippen LogP contribution in [0.1, 0.15) is 35.2 Å². The summed E-state index contributed by atoms with van der Waals surface area (Å²) in [5.74, 6) is 0.0344. The van der Waals surface area contributed by atoms with Gasteiger partial charge in [0.25, 0.3) is 5.91 Å². The van der Waals surface area contributed by atoms with Crippen LogP contribution in [0, 0.1) is 0 Å². The first-order chi connectivity index (χ1) is 22.6. The normalized spacial score (nSPS) is 34.9. The zero-order chi connectivity index (χ0) is 33.8. The predicted octanol–water partition coefficient (Wildman–Crippen LogP) is -2.46. The highest BCUT2D eigenvalue weighted by atomic mass is 35.5. The molecule has 3 saturated heterocycles. The number of carbonyl (C=O) groups is 1. The average Bonchev–Trinajstić information content (AvgIpc) is 3.56. The maximum absolute atomic E-state index is 13.4. The number of amides is 1. The number of aliphatic hydroxyl groups excluding tert-OH is 7. The van der Waals surface area contributed by atoms with Gasteiger partial charge in [-0.2, -0.15) is 0 Å². The fourth-order valence-corrected chi connectivity index (χ4v) is 6.79. The van der Waals surface area contributed by atoms with Crippen LogP contribution in [-0.4, -0.2) is 167 Å². The number of aliphatic hydroxyl groups is 7. The van der Waals surface area contributed by atoms with Gasteiger partial charge in [0.15, 0.2) is 12.5 Å². The molecule has 266 valence electrons. The quantitative estimate of drug-likeness (QED) is 0.104. The van der Waals surface area contributed by atoms with Gasteiger partial charge in [0.2, 0.25) is 0 Å². The van der Waals surface area contributed by atoms with Crippen LogP contribution in [0.15, 0.2) is 6.07 Å². The topological polar surface area (TPSA) is 232 Å². The number of rotatable bonds is 12. The second-order valence-electron chi connectivity index (χ2n) is 12.3. The summed E-state index contributed by atoms with van der Waals surface area (Å²) in [4.78, 5) is 15.7. The van der Waals surface area contributed by atoms with Crippen molar-refractivity contribution in [3.8, 4) is 5.75 Å². The Bertz CT molecular complexity index is 1200. The van der Waals surface area contributed by atoms with Crippen molar-refractivity contribution in [3.05, 3.63) is 22.2 Å². The Morgan fingerprint density at radius 1 is 1.00 bits per heavy atom. The van der Waals surface area contributed by atoms with Crippen molar-refractivity contribution in [2.75, 3.05) is 58.5 Å². The maximum atomic E-state index is 13.4. The number of hydrogen-bond acceptors (Lipinski definition) is 15. The molecule has 0 radical (unpaired) electrons. The number of ether oxygens (including phenoxy) is 5. The molecule has 17 heteroatoms. The molecule has 0 bridgehead atoms. The lowest BCUT2D eigenvalue weighted by Crippen LogP contribution is -2.65. The number of methoxy groups -OCH3 is 1. The molecule has 1 amide bonds. The third kappa shape index (κ3) is 7.96. The van der Waals surface area contributed by atoms with Crippen molar-refractivity contribution >= 4 is 23.2 Å². The lowest BCUT2D eigenvalue weighted by atomic mass is 9.96. The van der Waals surface area contributed by atoms with Gasteiger partial charge in [-0.1, -0.05) is 11.6 Å². The van der Waals surface area contributed by atoms with Gasteiger partial charge in [-0.05, 0) is 25.3 Å². The summed E-state index contributed by atoms with van der Waals surface area (Å²) >= 11 is 6.68. The molecule has 4 aliphatic heterocycles. The molecule has 3 fully saturated rings. The van der Waals surface area contributed by atoms with Gasteiger partial charge in [0, 0.05) is 51.4 Å². The van der Waals surface area contributed by atoms with E-state index >= 15 is 0 Å². The third-order valence-corrected chi connectivity index (χ3v) is 9.51. The molecular weight excluding hydrogens is 646 g/mol. The second-order valence-corrected chi connectivity index (χ2v) is 12.7. The Hall–Kier alpha value is -1.90. The van der Waals surface area contributed by atoms with E-state index in [-0.39, 0.29) is 29.1 Å². The Kier molecular flexibility index (Phi) is 12.5. The number of benzene rings is 1. The Morgan fingerprint density at radius 3 is 2.40 bits per heavy atom. The number of halogens is 1. The fourth-order valence-electron chi connectivity index (χ4n) is 6.52. The van der Waals surface area contributed by atoms with E-state index in [2.05, 4.69) is 15.5 Å². The zero-order valence-corrected chi connectivity index (χ0v) is 26.9. The van der Waals surface area contributed by atoms with Crippen LogP contribution >= 0.6 is 11.6 Å². The smallest absolute Gasteiger partial charge is 0.255 e. The van der Waals surface area contributed by atoms with Gasteiger partial charge < -0.3 is 75.0 Å². The first kappa shape index (κ1) is 36.4. The van der Waals surface area contributed by atoms with Crippen molar-refractivity contribution in [2.45, 2.75) is 93.1 Å². The minimum Gasteiger partial charge on any atom is -0.492 e. The van der Waals surface area contributed by atoms with E-state index in [0.29, 0.717) is 30.0 Å². The number of piperidine rings is 1. The first-order valence-electron chi connectivity index (χ1n) is 15.9. The molecule has 0 saturated carbocycles. The van der Waals surface area contributed by atoms with Gasteiger partial charge >= 0.3 is 0 Å². The largest absolute Gasteiger partial charge is 0.492 e. The maximum Gasteiger partial charge on any atom is 0.255 e. The van der Waals surface area contributed by atoms with Crippen molar-refractivity contribution in [1.29, 1.82) is 0 Å². The lowest BCUT2D eigenvalue weighted by Gasteiger charge is -2.46. The van der Waals surface area contributed by atoms with E-state index in [1.165, 1.54) is 6.07 Å². The number of likely N-dealkylation sites (tertiary alicyclic amines) is 1. The lowest BCUT2D eigenvalue weighted by molar-refractivity contribution is -0.340. The van der Waals surface area contributed by atoms with E-state index in [9.17, 15) is 40.5 Å². The van der Waals surface area contributed by atoms with Crippen LogP contribution in [0.25, 0.3) is 0 Å². The summed E-state index contributed by atoms with van der Waals surface area (Å²) in [7, 11) is 1.69. The van der Waals surface area contributed by atoms with Crippen LogP contribution in [-0.2, 0) is 25.4 Å². The summed E-state index contributed by atoms with van der Waals surface area (Å²) < 4.78 is 27.8. The summed E-state index contributed by atoms with van der Waals surface area (Å²) in [6.07, 6.45) is -12.5. The zero-order valence-electron chi connectivity index (χ0n) is 26.1. The highest BCUT2D eigenvalue weighted by molar-refractivity contribution is 6.34. The Morgan fingerprint density at radius 2 is 1.72 bits per heavy atom. The van der Waals surface area contributed by atoms with E-state index < -0.39 is 74.6 Å². The van der Waals surface area contributed by atoms with E-state index in [1.807, 2.05) is 0 Å². The molecule has 9 N–H and O–H groups in total. The van der Waals surface area contributed by atoms with Crippen LogP contribution in [0.5, 0.6) is 5.75 Å². The second kappa shape index (κ2) is 16.2. The van der Waals surface area contributed by atoms with Crippen molar-refractivity contribution < 1.29 is 64.2 Å². The molecule has 5 rings (SSSR count). The van der Waals surface area contributed by atoms with E-state index in [0.717, 1.165) is 38.9 Å². The number of anilines is 1. The molecule has 10 atom stereocenters. The van der Waals surface area contributed by atoms with Crippen molar-refractivity contribution in [2.24, 2.45) is 0 Å². The highest BCUT2D eigenvalue weighted by Crippen LogP contribution is 2.42. The van der Waals surface area contributed by atoms with Gasteiger partial charge in [-0.3, -0.25) is 4.79 Å². The Labute approximate surface area is 277 Å². The molecule has 16 nitrogen and oxygen atoms in total. The average molecular weight is 692 g/mol. The third-order valence-electron chi connectivity index (χ3n) is 9.21. The molecular formula is C30H46ClN3O13. The standard InChI is InChI=1S/C30H46ClN3O13/c1-43-9-2-6-34-7-3-14(4-8-34)32-28(42)16-11-17(31)20(15-5-10-44-26(15)16)33-29-24(40)23(39)27(19(13-36)45-29)47-30-25(41)22(38)21(37)18(12-35)46-30/h11,14,18-19,21-25,27,29-30,33,35-41H,2-10,12-13H2,1H3,(H,32,42)/t18-,19-,21-,22+,23-,24-,25-,27-,29?,30+/m1/s1. The van der Waals surface area contributed by atoms with E-state index in [4.69, 9.17) is 35.3 Å². The number of nitrogens with zero attached hydrogens (tertiary/aromatic N) is 1. The molecule has 4 heterocycles. The molecule has 1 aromatic rings. The summed E-state index contributed by atoms with van der Waals surface area (Å²) in [6, 6.07) is 1.47. The number of hydrogen-bond donors (Lipinski definition) is 9. The number of fused-ring (bicyclic) bond motifs is 1. The Balaban J connectivity index is 1.25. The van der Waals surface area contributed by atoms with Crippen molar-refractivity contribution in [3.63, 3.8) is 0 Å². The first-order valence-corrected chi connectivity index (χ1v) is 16.3. The molecule has 0 spiro atoms. The predicted molar refractivity (Wildman–Crippen MR) is 164 cm³/mol.